The Morgan fingerprint density at radius 1 is 1.22 bits per heavy atom. The number of benzene rings is 1. The minimum Gasteiger partial charge on any atom is -0.481 e. The van der Waals surface area contributed by atoms with Crippen LogP contribution in [0.3, 0.4) is 0 Å². The molecule has 0 radical (unpaired) electrons. The van der Waals surface area contributed by atoms with Crippen LogP contribution in [0.4, 0.5) is 4.79 Å². The highest BCUT2D eigenvalue weighted by atomic mass is 16.5. The van der Waals surface area contributed by atoms with Crippen molar-refractivity contribution in [1.82, 2.24) is 15.2 Å². The zero-order chi connectivity index (χ0) is 16.5. The number of nitrogens with zero attached hydrogens (tertiary/aromatic N) is 2. The fraction of sp³-hybridized carbons (Fsp3) is 0.333. The van der Waals surface area contributed by atoms with E-state index in [1.165, 1.54) is 0 Å². The highest BCUT2D eigenvalue weighted by molar-refractivity contribution is 5.74. The van der Waals surface area contributed by atoms with E-state index in [0.717, 1.165) is 24.1 Å². The Morgan fingerprint density at radius 2 is 2.00 bits per heavy atom. The molecule has 1 aromatic heterocycles. The normalized spacial score (nSPS) is 10.2. The third-order valence-electron chi connectivity index (χ3n) is 3.45. The molecule has 0 fully saturated rings. The van der Waals surface area contributed by atoms with Crippen molar-refractivity contribution >= 4 is 6.03 Å². The molecule has 0 bridgehead atoms. The van der Waals surface area contributed by atoms with Crippen LogP contribution in [0.15, 0.2) is 48.7 Å². The second-order valence-corrected chi connectivity index (χ2v) is 5.27. The van der Waals surface area contributed by atoms with Gasteiger partial charge in [-0.3, -0.25) is 0 Å². The molecule has 1 N–H and O–H groups in total. The summed E-state index contributed by atoms with van der Waals surface area (Å²) in [4.78, 5) is 18.3. The molecule has 0 aliphatic carbocycles. The Hall–Kier alpha value is -2.56. The first-order valence-corrected chi connectivity index (χ1v) is 7.78. The summed E-state index contributed by atoms with van der Waals surface area (Å²) in [5.41, 5.74) is 2.09. The summed E-state index contributed by atoms with van der Waals surface area (Å²) in [6, 6.07) is 13.6. The molecule has 0 unspecified atom stereocenters. The highest BCUT2D eigenvalue weighted by Gasteiger charge is 2.12. The van der Waals surface area contributed by atoms with Gasteiger partial charge in [-0.25, -0.2) is 9.78 Å². The van der Waals surface area contributed by atoms with Crippen molar-refractivity contribution in [2.45, 2.75) is 26.4 Å². The van der Waals surface area contributed by atoms with Crippen LogP contribution in [0.2, 0.25) is 0 Å². The Balaban J connectivity index is 1.94. The van der Waals surface area contributed by atoms with Crippen LogP contribution < -0.4 is 10.1 Å². The van der Waals surface area contributed by atoms with E-state index in [2.05, 4.69) is 17.2 Å². The maximum atomic E-state index is 12.4. The van der Waals surface area contributed by atoms with Gasteiger partial charge in [-0.1, -0.05) is 37.3 Å². The third-order valence-corrected chi connectivity index (χ3v) is 3.45. The van der Waals surface area contributed by atoms with Crippen LogP contribution in [-0.4, -0.2) is 29.6 Å². The van der Waals surface area contributed by atoms with Crippen LogP contribution in [0.1, 0.15) is 24.5 Å². The number of aromatic nitrogens is 1. The summed E-state index contributed by atoms with van der Waals surface area (Å²) in [6.07, 6.45) is 2.59. The monoisotopic (exact) mass is 313 g/mol. The molecule has 5 nitrogen and oxygen atoms in total. The summed E-state index contributed by atoms with van der Waals surface area (Å²) < 4.78 is 5.09. The summed E-state index contributed by atoms with van der Waals surface area (Å²) in [5.74, 6) is 0.548. The molecule has 5 heteroatoms. The predicted octanol–water partition coefficient (Wildman–Crippen LogP) is 3.21. The molecule has 2 amide bonds. The van der Waals surface area contributed by atoms with Crippen molar-refractivity contribution in [2.24, 2.45) is 0 Å². The standard InChI is InChI=1S/C18H23N3O2/c1-3-11-21(14-15-7-5-4-6-8-15)18(22)20-13-16-9-10-19-17(12-16)23-2/h4-10,12H,3,11,13-14H2,1-2H3,(H,20,22). The topological polar surface area (TPSA) is 54.5 Å². The van der Waals surface area contributed by atoms with E-state index in [4.69, 9.17) is 4.74 Å². The molecule has 0 saturated heterocycles. The van der Waals surface area contributed by atoms with Crippen molar-refractivity contribution < 1.29 is 9.53 Å². The summed E-state index contributed by atoms with van der Waals surface area (Å²) >= 11 is 0. The molecule has 122 valence electrons. The van der Waals surface area contributed by atoms with Gasteiger partial charge in [-0.2, -0.15) is 0 Å². The molecule has 1 heterocycles. The molecule has 0 aliphatic heterocycles. The Bertz CT molecular complexity index is 617. The van der Waals surface area contributed by atoms with E-state index < -0.39 is 0 Å². The number of rotatable bonds is 7. The number of carbonyl (C=O) groups is 1. The molecule has 2 aromatic rings. The van der Waals surface area contributed by atoms with Gasteiger partial charge >= 0.3 is 6.03 Å². The third kappa shape index (κ3) is 5.29. The maximum absolute atomic E-state index is 12.4. The first-order chi connectivity index (χ1) is 11.2. The number of nitrogens with one attached hydrogen (secondary N) is 1. The minimum absolute atomic E-state index is 0.0634. The van der Waals surface area contributed by atoms with E-state index in [-0.39, 0.29) is 6.03 Å². The van der Waals surface area contributed by atoms with Crippen LogP contribution in [-0.2, 0) is 13.1 Å². The van der Waals surface area contributed by atoms with Gasteiger partial charge in [-0.05, 0) is 23.6 Å². The molecule has 0 atom stereocenters. The summed E-state index contributed by atoms with van der Waals surface area (Å²) in [5, 5.41) is 2.96. The molecular formula is C18H23N3O2. The fourth-order valence-corrected chi connectivity index (χ4v) is 2.29. The van der Waals surface area contributed by atoms with Gasteiger partial charge in [0.05, 0.1) is 7.11 Å². The quantitative estimate of drug-likeness (QED) is 0.854. The lowest BCUT2D eigenvalue weighted by Crippen LogP contribution is -2.39. The van der Waals surface area contributed by atoms with Crippen molar-refractivity contribution in [1.29, 1.82) is 0 Å². The van der Waals surface area contributed by atoms with E-state index >= 15 is 0 Å². The van der Waals surface area contributed by atoms with Crippen molar-refractivity contribution in [2.75, 3.05) is 13.7 Å². The SMILES string of the molecule is CCCN(Cc1ccccc1)C(=O)NCc1ccnc(OC)c1. The van der Waals surface area contributed by atoms with Gasteiger partial charge in [0.15, 0.2) is 0 Å². The van der Waals surface area contributed by atoms with Gasteiger partial charge < -0.3 is 15.0 Å². The van der Waals surface area contributed by atoms with Crippen molar-refractivity contribution in [3.63, 3.8) is 0 Å². The second kappa shape index (κ2) is 8.78. The number of hydrogen-bond acceptors (Lipinski definition) is 3. The van der Waals surface area contributed by atoms with Crippen molar-refractivity contribution in [3.8, 4) is 5.88 Å². The number of methoxy groups -OCH3 is 1. The smallest absolute Gasteiger partial charge is 0.317 e. The highest BCUT2D eigenvalue weighted by Crippen LogP contribution is 2.09. The lowest BCUT2D eigenvalue weighted by molar-refractivity contribution is 0.194. The van der Waals surface area contributed by atoms with Gasteiger partial charge in [0.1, 0.15) is 0 Å². The minimum atomic E-state index is -0.0634. The molecule has 1 aromatic carbocycles. The molecule has 2 rings (SSSR count). The molecular weight excluding hydrogens is 290 g/mol. The first-order valence-electron chi connectivity index (χ1n) is 7.78. The molecule has 23 heavy (non-hydrogen) atoms. The number of amides is 2. The van der Waals surface area contributed by atoms with E-state index in [9.17, 15) is 4.79 Å². The van der Waals surface area contributed by atoms with E-state index in [0.29, 0.717) is 19.0 Å². The van der Waals surface area contributed by atoms with Crippen LogP contribution >= 0.6 is 0 Å². The average molecular weight is 313 g/mol. The van der Waals surface area contributed by atoms with E-state index in [1.807, 2.05) is 47.4 Å². The first kappa shape index (κ1) is 16.8. The Labute approximate surface area is 137 Å². The fourth-order valence-electron chi connectivity index (χ4n) is 2.29. The predicted molar refractivity (Wildman–Crippen MR) is 90.2 cm³/mol. The number of pyridine rings is 1. The largest absolute Gasteiger partial charge is 0.481 e. The molecule has 0 saturated carbocycles. The van der Waals surface area contributed by atoms with Gasteiger partial charge in [0.25, 0.3) is 0 Å². The van der Waals surface area contributed by atoms with Gasteiger partial charge in [-0.15, -0.1) is 0 Å². The molecule has 0 spiro atoms. The van der Waals surface area contributed by atoms with Gasteiger partial charge in [0.2, 0.25) is 5.88 Å². The Morgan fingerprint density at radius 3 is 2.70 bits per heavy atom. The lowest BCUT2D eigenvalue weighted by atomic mass is 10.2. The Kier molecular flexibility index (Phi) is 6.41. The summed E-state index contributed by atoms with van der Waals surface area (Å²) in [7, 11) is 1.58. The van der Waals surface area contributed by atoms with Gasteiger partial charge in [0, 0.05) is 31.9 Å². The lowest BCUT2D eigenvalue weighted by Gasteiger charge is -2.22. The number of ether oxygens (including phenoxy) is 1. The average Bonchev–Trinajstić information content (AvgIpc) is 2.60. The maximum Gasteiger partial charge on any atom is 0.317 e. The van der Waals surface area contributed by atoms with E-state index in [1.54, 1.807) is 13.3 Å². The summed E-state index contributed by atoms with van der Waals surface area (Å²) in [6.45, 7) is 3.85. The second-order valence-electron chi connectivity index (χ2n) is 5.27. The van der Waals surface area contributed by atoms with Crippen LogP contribution in [0.5, 0.6) is 5.88 Å². The van der Waals surface area contributed by atoms with Crippen LogP contribution in [0, 0.1) is 0 Å². The van der Waals surface area contributed by atoms with Crippen LogP contribution in [0.25, 0.3) is 0 Å². The number of carbonyl (C=O) groups excluding carboxylic acids is 1. The molecule has 0 aliphatic rings. The zero-order valence-corrected chi connectivity index (χ0v) is 13.7. The van der Waals surface area contributed by atoms with Crippen molar-refractivity contribution in [3.05, 3.63) is 59.8 Å². The zero-order valence-electron chi connectivity index (χ0n) is 13.7. The number of hydrogen-bond donors (Lipinski definition) is 1. The number of urea groups is 1.